The Morgan fingerprint density at radius 1 is 1.00 bits per heavy atom. The molecule has 0 aliphatic rings. The SMILES string of the molecule is COc1ccc(OC)c(C(=O)c2oc3cc(NC(=O)c4ccco4)ccc3c2C)c1. The number of carbonyl (C=O) groups excluding carboxylic acids is 2. The van der Waals surface area contributed by atoms with Crippen LogP contribution in [0.25, 0.3) is 11.0 Å². The van der Waals surface area contributed by atoms with Crippen molar-refractivity contribution >= 4 is 28.3 Å². The standard InChI is InChI=1S/C23H19NO6/c1-13-16-8-6-14(24-23(26)19-5-4-10-29-19)11-20(16)30-22(13)21(25)17-12-15(27-2)7-9-18(17)28-3/h4-12H,1-3H3,(H,24,26). The van der Waals surface area contributed by atoms with Crippen LogP contribution in [0.3, 0.4) is 0 Å². The van der Waals surface area contributed by atoms with Crippen molar-refractivity contribution in [2.75, 3.05) is 19.5 Å². The monoisotopic (exact) mass is 405 g/mol. The number of rotatable bonds is 6. The van der Waals surface area contributed by atoms with Crippen LogP contribution in [0.2, 0.25) is 0 Å². The summed E-state index contributed by atoms with van der Waals surface area (Å²) in [4.78, 5) is 25.4. The van der Waals surface area contributed by atoms with E-state index in [4.69, 9.17) is 18.3 Å². The molecular weight excluding hydrogens is 386 g/mol. The van der Waals surface area contributed by atoms with Gasteiger partial charge in [0.05, 0.1) is 26.0 Å². The molecule has 2 aromatic heterocycles. The minimum atomic E-state index is -0.375. The molecule has 0 aliphatic heterocycles. The molecule has 0 aliphatic carbocycles. The molecule has 0 bridgehead atoms. The van der Waals surface area contributed by atoms with E-state index < -0.39 is 0 Å². The maximum absolute atomic E-state index is 13.2. The predicted octanol–water partition coefficient (Wildman–Crippen LogP) is 4.83. The summed E-state index contributed by atoms with van der Waals surface area (Å²) in [6.07, 6.45) is 1.43. The molecule has 0 saturated carbocycles. The van der Waals surface area contributed by atoms with E-state index in [0.717, 1.165) is 5.39 Å². The lowest BCUT2D eigenvalue weighted by Gasteiger charge is -2.08. The van der Waals surface area contributed by atoms with Gasteiger partial charge in [-0.2, -0.15) is 0 Å². The van der Waals surface area contributed by atoms with Gasteiger partial charge in [0.2, 0.25) is 5.78 Å². The molecule has 4 aromatic rings. The van der Waals surface area contributed by atoms with Gasteiger partial charge < -0.3 is 23.6 Å². The third kappa shape index (κ3) is 3.41. The number of hydrogen-bond acceptors (Lipinski definition) is 6. The molecule has 152 valence electrons. The number of ketones is 1. The lowest BCUT2D eigenvalue weighted by atomic mass is 10.0. The minimum Gasteiger partial charge on any atom is -0.497 e. The molecule has 2 aromatic carbocycles. The van der Waals surface area contributed by atoms with Gasteiger partial charge in [-0.15, -0.1) is 0 Å². The van der Waals surface area contributed by atoms with Crippen molar-refractivity contribution in [1.82, 2.24) is 0 Å². The molecule has 4 rings (SSSR count). The van der Waals surface area contributed by atoms with Gasteiger partial charge >= 0.3 is 0 Å². The van der Waals surface area contributed by atoms with Crippen molar-refractivity contribution in [1.29, 1.82) is 0 Å². The maximum atomic E-state index is 13.2. The molecule has 0 atom stereocenters. The highest BCUT2D eigenvalue weighted by molar-refractivity contribution is 6.12. The fourth-order valence-electron chi connectivity index (χ4n) is 3.23. The Bertz CT molecular complexity index is 1240. The number of fused-ring (bicyclic) bond motifs is 1. The van der Waals surface area contributed by atoms with Crippen molar-refractivity contribution < 1.29 is 27.9 Å². The van der Waals surface area contributed by atoms with Crippen molar-refractivity contribution in [3.63, 3.8) is 0 Å². The summed E-state index contributed by atoms with van der Waals surface area (Å²) < 4.78 is 21.5. The molecule has 1 amide bonds. The zero-order valence-electron chi connectivity index (χ0n) is 16.6. The Balaban J connectivity index is 1.70. The van der Waals surface area contributed by atoms with E-state index in [2.05, 4.69) is 5.32 Å². The normalized spacial score (nSPS) is 10.8. The molecule has 1 N–H and O–H groups in total. The maximum Gasteiger partial charge on any atom is 0.291 e. The van der Waals surface area contributed by atoms with E-state index in [0.29, 0.717) is 33.9 Å². The van der Waals surface area contributed by atoms with E-state index in [1.54, 1.807) is 48.5 Å². The van der Waals surface area contributed by atoms with E-state index in [-0.39, 0.29) is 23.2 Å². The Hall–Kier alpha value is -4.00. The van der Waals surface area contributed by atoms with Gasteiger partial charge in [-0.05, 0) is 49.4 Å². The van der Waals surface area contributed by atoms with Crippen molar-refractivity contribution in [3.8, 4) is 11.5 Å². The first-order chi connectivity index (χ1) is 14.5. The topological polar surface area (TPSA) is 90.9 Å². The van der Waals surface area contributed by atoms with Crippen LogP contribution in [0.1, 0.15) is 32.2 Å². The van der Waals surface area contributed by atoms with Crippen LogP contribution < -0.4 is 14.8 Å². The van der Waals surface area contributed by atoms with Gasteiger partial charge in [-0.3, -0.25) is 9.59 Å². The second-order valence-corrected chi connectivity index (χ2v) is 6.59. The summed E-state index contributed by atoms with van der Waals surface area (Å²) in [5.41, 5.74) is 2.04. The first-order valence-electron chi connectivity index (χ1n) is 9.16. The Labute approximate surface area is 172 Å². The molecule has 0 saturated heterocycles. The van der Waals surface area contributed by atoms with Gasteiger partial charge in [-0.1, -0.05) is 0 Å². The number of hydrogen-bond donors (Lipinski definition) is 1. The van der Waals surface area contributed by atoms with Crippen molar-refractivity contribution in [2.24, 2.45) is 0 Å². The van der Waals surface area contributed by atoms with Crippen LogP contribution in [0.4, 0.5) is 5.69 Å². The highest BCUT2D eigenvalue weighted by atomic mass is 16.5. The van der Waals surface area contributed by atoms with Crippen LogP contribution in [0, 0.1) is 6.92 Å². The average molecular weight is 405 g/mol. The summed E-state index contributed by atoms with van der Waals surface area (Å²) in [6.45, 7) is 1.81. The number of furan rings is 2. The number of nitrogens with one attached hydrogen (secondary N) is 1. The van der Waals surface area contributed by atoms with E-state index >= 15 is 0 Å². The molecular formula is C23H19NO6. The third-order valence-electron chi connectivity index (χ3n) is 4.80. The largest absolute Gasteiger partial charge is 0.497 e. The molecule has 2 heterocycles. The van der Waals surface area contributed by atoms with Gasteiger partial charge in [0.15, 0.2) is 11.5 Å². The van der Waals surface area contributed by atoms with Crippen LogP contribution in [0.15, 0.2) is 63.6 Å². The number of aryl methyl sites for hydroxylation is 1. The second-order valence-electron chi connectivity index (χ2n) is 6.59. The van der Waals surface area contributed by atoms with E-state index in [9.17, 15) is 9.59 Å². The quantitative estimate of drug-likeness (QED) is 0.462. The molecule has 0 spiro atoms. The first kappa shape index (κ1) is 19.3. The lowest BCUT2D eigenvalue weighted by molar-refractivity contribution is 0.0992. The van der Waals surface area contributed by atoms with Gasteiger partial charge in [0.1, 0.15) is 17.1 Å². The number of carbonyl (C=O) groups is 2. The summed E-state index contributed by atoms with van der Waals surface area (Å²) in [7, 11) is 3.03. The van der Waals surface area contributed by atoms with Gasteiger partial charge in [-0.25, -0.2) is 0 Å². The lowest BCUT2D eigenvalue weighted by Crippen LogP contribution is -2.10. The van der Waals surface area contributed by atoms with Gasteiger partial charge in [0, 0.05) is 22.7 Å². The van der Waals surface area contributed by atoms with Crippen LogP contribution >= 0.6 is 0 Å². The zero-order valence-corrected chi connectivity index (χ0v) is 16.6. The Kier molecular flexibility index (Phi) is 5.02. The summed E-state index contributed by atoms with van der Waals surface area (Å²) in [5, 5.41) is 3.52. The van der Waals surface area contributed by atoms with Crippen molar-refractivity contribution in [3.05, 3.63) is 77.4 Å². The highest BCUT2D eigenvalue weighted by Gasteiger charge is 2.23. The number of benzene rings is 2. The van der Waals surface area contributed by atoms with Gasteiger partial charge in [0.25, 0.3) is 5.91 Å². The highest BCUT2D eigenvalue weighted by Crippen LogP contribution is 2.32. The second kappa shape index (κ2) is 7.79. The molecule has 30 heavy (non-hydrogen) atoms. The van der Waals surface area contributed by atoms with Crippen LogP contribution in [-0.2, 0) is 0 Å². The fraction of sp³-hybridized carbons (Fsp3) is 0.130. The summed E-state index contributed by atoms with van der Waals surface area (Å²) in [5.74, 6) is 0.668. The minimum absolute atomic E-state index is 0.200. The average Bonchev–Trinajstić information content (AvgIpc) is 3.41. The zero-order chi connectivity index (χ0) is 21.3. The molecule has 0 fully saturated rings. The van der Waals surface area contributed by atoms with E-state index in [1.165, 1.54) is 20.5 Å². The predicted molar refractivity (Wildman–Crippen MR) is 111 cm³/mol. The fourth-order valence-corrected chi connectivity index (χ4v) is 3.23. The van der Waals surface area contributed by atoms with Crippen molar-refractivity contribution in [2.45, 2.75) is 6.92 Å². The van der Waals surface area contributed by atoms with Crippen LogP contribution in [-0.4, -0.2) is 25.9 Å². The first-order valence-corrected chi connectivity index (χ1v) is 9.16. The number of anilines is 1. The molecule has 7 nitrogen and oxygen atoms in total. The smallest absolute Gasteiger partial charge is 0.291 e. The summed E-state index contributed by atoms with van der Waals surface area (Å²) in [6, 6.07) is 13.4. The molecule has 7 heteroatoms. The molecule has 0 unspecified atom stereocenters. The number of methoxy groups -OCH3 is 2. The Morgan fingerprint density at radius 3 is 2.53 bits per heavy atom. The molecule has 0 radical (unpaired) electrons. The number of amides is 1. The van der Waals surface area contributed by atoms with E-state index in [1.807, 2.05) is 6.92 Å². The Morgan fingerprint density at radius 2 is 1.83 bits per heavy atom. The third-order valence-corrected chi connectivity index (χ3v) is 4.80. The number of ether oxygens (including phenoxy) is 2. The van der Waals surface area contributed by atoms with Crippen LogP contribution in [0.5, 0.6) is 11.5 Å². The summed E-state index contributed by atoms with van der Waals surface area (Å²) >= 11 is 0.